The van der Waals surface area contributed by atoms with Crippen molar-refractivity contribution in [3.8, 4) is 22.8 Å². The first-order valence-corrected chi connectivity index (χ1v) is 12.4. The third-order valence-electron chi connectivity index (χ3n) is 5.85. The highest BCUT2D eigenvalue weighted by atomic mass is 32.1. The minimum atomic E-state index is -0.303. The molecule has 0 radical (unpaired) electrons. The Balaban J connectivity index is 1.31. The molecule has 3 aromatic heterocycles. The number of aliphatic hydroxyl groups excluding tert-OH is 1. The maximum atomic E-state index is 10.2. The van der Waals surface area contributed by atoms with Crippen LogP contribution in [-0.2, 0) is 6.54 Å². The second-order valence-electron chi connectivity index (χ2n) is 9.07. The van der Waals surface area contributed by atoms with Gasteiger partial charge >= 0.3 is 0 Å². The number of hydrogen-bond acceptors (Lipinski definition) is 7. The summed E-state index contributed by atoms with van der Waals surface area (Å²) in [4.78, 5) is 9.18. The van der Waals surface area contributed by atoms with E-state index in [9.17, 15) is 5.11 Å². The van der Waals surface area contributed by atoms with Crippen LogP contribution in [0, 0.1) is 5.92 Å². The molecule has 1 aliphatic rings. The standard InChI is InChI=1S/C25H29N5O2S/c1-16(2)14-30-15-17(13-27-30)22-11-19(9-10-26-22)32-18-7-8-21-24(12-18)33-25(29-21)28-20-5-3-4-6-23(20)31/h7-13,15-16,20,23,31H,3-6,14H2,1-2H3,(H,28,29)/t20-,23-/m1/s1. The fourth-order valence-corrected chi connectivity index (χ4v) is 5.16. The number of rotatable bonds is 7. The number of aliphatic hydroxyl groups is 1. The second-order valence-corrected chi connectivity index (χ2v) is 10.1. The van der Waals surface area contributed by atoms with Crippen molar-refractivity contribution in [1.29, 1.82) is 0 Å². The Kier molecular flexibility index (Phi) is 6.28. The Morgan fingerprint density at radius 1 is 1.18 bits per heavy atom. The molecule has 1 aliphatic carbocycles. The van der Waals surface area contributed by atoms with Crippen molar-refractivity contribution in [3.63, 3.8) is 0 Å². The first-order chi connectivity index (χ1) is 16.0. The zero-order chi connectivity index (χ0) is 22.8. The Labute approximate surface area is 197 Å². The van der Waals surface area contributed by atoms with Crippen molar-refractivity contribution in [1.82, 2.24) is 19.7 Å². The van der Waals surface area contributed by atoms with E-state index in [0.717, 1.165) is 70.3 Å². The summed E-state index contributed by atoms with van der Waals surface area (Å²) in [5, 5.41) is 19.0. The number of anilines is 1. The predicted molar refractivity (Wildman–Crippen MR) is 132 cm³/mol. The summed E-state index contributed by atoms with van der Waals surface area (Å²) in [6, 6.07) is 9.79. The number of nitrogens with one attached hydrogen (secondary N) is 1. The molecule has 0 unspecified atom stereocenters. The summed E-state index contributed by atoms with van der Waals surface area (Å²) in [6.45, 7) is 5.22. The van der Waals surface area contributed by atoms with Crippen molar-refractivity contribution in [2.45, 2.75) is 58.2 Å². The van der Waals surface area contributed by atoms with E-state index in [4.69, 9.17) is 4.74 Å². The number of aromatic nitrogens is 4. The molecule has 1 fully saturated rings. The summed E-state index contributed by atoms with van der Waals surface area (Å²) in [5.41, 5.74) is 2.73. The van der Waals surface area contributed by atoms with Crippen molar-refractivity contribution in [3.05, 3.63) is 48.9 Å². The third-order valence-corrected chi connectivity index (χ3v) is 6.80. The highest BCUT2D eigenvalue weighted by Crippen LogP contribution is 2.33. The normalized spacial score (nSPS) is 18.7. The van der Waals surface area contributed by atoms with Crippen molar-refractivity contribution < 1.29 is 9.84 Å². The number of nitrogens with zero attached hydrogens (tertiary/aromatic N) is 4. The van der Waals surface area contributed by atoms with Gasteiger partial charge in [0.1, 0.15) is 11.5 Å². The molecule has 1 saturated carbocycles. The molecular weight excluding hydrogens is 434 g/mol. The second kappa shape index (κ2) is 9.49. The predicted octanol–water partition coefficient (Wildman–Crippen LogP) is 5.72. The molecule has 4 aromatic rings. The summed E-state index contributed by atoms with van der Waals surface area (Å²) in [5.74, 6) is 2.01. The lowest BCUT2D eigenvalue weighted by atomic mass is 9.93. The summed E-state index contributed by atoms with van der Waals surface area (Å²) in [7, 11) is 0. The number of hydrogen-bond donors (Lipinski definition) is 2. The number of thiazole rings is 1. The Morgan fingerprint density at radius 2 is 2.03 bits per heavy atom. The van der Waals surface area contributed by atoms with E-state index < -0.39 is 0 Å². The SMILES string of the molecule is CC(C)Cn1cc(-c2cc(Oc3ccc4nc(N[C@@H]5CCCC[C@H]5O)sc4c3)ccn2)cn1. The van der Waals surface area contributed by atoms with Gasteiger partial charge in [-0.2, -0.15) is 5.10 Å². The van der Waals surface area contributed by atoms with Crippen molar-refractivity contribution in [2.75, 3.05) is 5.32 Å². The molecule has 7 nitrogen and oxygen atoms in total. The highest BCUT2D eigenvalue weighted by molar-refractivity contribution is 7.22. The average Bonchev–Trinajstić information content (AvgIpc) is 3.41. The number of ether oxygens (including phenoxy) is 1. The van der Waals surface area contributed by atoms with Gasteiger partial charge in [0, 0.05) is 36.6 Å². The van der Waals surface area contributed by atoms with Crippen LogP contribution in [-0.4, -0.2) is 37.0 Å². The highest BCUT2D eigenvalue weighted by Gasteiger charge is 2.23. The summed E-state index contributed by atoms with van der Waals surface area (Å²) >= 11 is 1.59. The van der Waals surface area contributed by atoms with Crippen molar-refractivity contribution >= 4 is 26.7 Å². The number of pyridine rings is 1. The van der Waals surface area contributed by atoms with Gasteiger partial charge in [0.25, 0.3) is 0 Å². The summed E-state index contributed by atoms with van der Waals surface area (Å²) in [6.07, 6.45) is 9.39. The maximum Gasteiger partial charge on any atom is 0.184 e. The van der Waals surface area contributed by atoms with Crippen LogP contribution < -0.4 is 10.1 Å². The monoisotopic (exact) mass is 463 g/mol. The molecule has 8 heteroatoms. The fraction of sp³-hybridized carbons (Fsp3) is 0.400. The van der Waals surface area contributed by atoms with Gasteiger partial charge in [-0.15, -0.1) is 0 Å². The van der Waals surface area contributed by atoms with Crippen LogP contribution in [0.3, 0.4) is 0 Å². The smallest absolute Gasteiger partial charge is 0.184 e. The maximum absolute atomic E-state index is 10.2. The lowest BCUT2D eigenvalue weighted by Crippen LogP contribution is -2.36. The lowest BCUT2D eigenvalue weighted by molar-refractivity contribution is 0.116. The van der Waals surface area contributed by atoms with Gasteiger partial charge in [-0.3, -0.25) is 9.67 Å². The quantitative estimate of drug-likeness (QED) is 0.365. The Bertz CT molecular complexity index is 1230. The van der Waals surface area contributed by atoms with E-state index in [1.807, 2.05) is 47.4 Å². The van der Waals surface area contributed by atoms with Gasteiger partial charge in [0.2, 0.25) is 0 Å². The van der Waals surface area contributed by atoms with Gasteiger partial charge in [0.05, 0.1) is 34.3 Å². The Hall–Kier alpha value is -2.97. The minimum Gasteiger partial charge on any atom is -0.457 e. The molecule has 0 bridgehead atoms. The van der Waals surface area contributed by atoms with Crippen LogP contribution in [0.2, 0.25) is 0 Å². The van der Waals surface area contributed by atoms with Crippen LogP contribution >= 0.6 is 11.3 Å². The fourth-order valence-electron chi connectivity index (χ4n) is 4.21. The molecule has 1 aromatic carbocycles. The molecule has 2 N–H and O–H groups in total. The molecule has 0 saturated heterocycles. The largest absolute Gasteiger partial charge is 0.457 e. The van der Waals surface area contributed by atoms with Gasteiger partial charge in [-0.1, -0.05) is 38.0 Å². The number of benzene rings is 1. The van der Waals surface area contributed by atoms with Crippen LogP contribution in [0.1, 0.15) is 39.5 Å². The van der Waals surface area contributed by atoms with E-state index in [0.29, 0.717) is 5.92 Å². The van der Waals surface area contributed by atoms with Crippen LogP contribution in [0.25, 0.3) is 21.5 Å². The van der Waals surface area contributed by atoms with Gasteiger partial charge in [0.15, 0.2) is 5.13 Å². The van der Waals surface area contributed by atoms with Gasteiger partial charge < -0.3 is 15.2 Å². The van der Waals surface area contributed by atoms with E-state index >= 15 is 0 Å². The number of fused-ring (bicyclic) bond motifs is 1. The molecule has 33 heavy (non-hydrogen) atoms. The Morgan fingerprint density at radius 3 is 2.88 bits per heavy atom. The molecule has 172 valence electrons. The van der Waals surface area contributed by atoms with E-state index in [1.54, 1.807) is 17.5 Å². The van der Waals surface area contributed by atoms with Crippen LogP contribution in [0.5, 0.6) is 11.5 Å². The van der Waals surface area contributed by atoms with E-state index in [2.05, 4.69) is 34.2 Å². The topological polar surface area (TPSA) is 85.1 Å². The zero-order valence-corrected chi connectivity index (χ0v) is 19.8. The lowest BCUT2D eigenvalue weighted by Gasteiger charge is -2.27. The molecule has 0 aliphatic heterocycles. The average molecular weight is 464 g/mol. The molecule has 0 spiro atoms. The van der Waals surface area contributed by atoms with Crippen LogP contribution in [0.15, 0.2) is 48.9 Å². The van der Waals surface area contributed by atoms with Gasteiger partial charge in [-0.25, -0.2) is 4.98 Å². The van der Waals surface area contributed by atoms with E-state index in [1.165, 1.54) is 0 Å². The minimum absolute atomic E-state index is 0.0789. The molecule has 0 amide bonds. The summed E-state index contributed by atoms with van der Waals surface area (Å²) < 4.78 is 9.14. The van der Waals surface area contributed by atoms with Crippen LogP contribution in [0.4, 0.5) is 5.13 Å². The zero-order valence-electron chi connectivity index (χ0n) is 18.9. The molecular formula is C25H29N5O2S. The first kappa shape index (κ1) is 21.9. The van der Waals surface area contributed by atoms with Crippen molar-refractivity contribution in [2.24, 2.45) is 5.92 Å². The molecule has 3 heterocycles. The molecule has 5 rings (SSSR count). The van der Waals surface area contributed by atoms with Gasteiger partial charge in [-0.05, 0) is 37.0 Å². The molecule has 2 atom stereocenters. The van der Waals surface area contributed by atoms with E-state index in [-0.39, 0.29) is 12.1 Å². The first-order valence-electron chi connectivity index (χ1n) is 11.6. The third kappa shape index (κ3) is 5.17.